The van der Waals surface area contributed by atoms with Crippen LogP contribution in [0, 0.1) is 23.7 Å². The number of methoxy groups -OCH3 is 2. The van der Waals surface area contributed by atoms with Crippen LogP contribution in [0.4, 0.5) is 0 Å². The van der Waals surface area contributed by atoms with E-state index < -0.39 is 0 Å². The smallest absolute Gasteiger partial charge is 0.226 e. The zero-order valence-corrected chi connectivity index (χ0v) is 22.3. The maximum absolute atomic E-state index is 12.9. The molecule has 1 fully saturated rings. The number of hydrogen-bond donors (Lipinski definition) is 0. The van der Waals surface area contributed by atoms with E-state index in [-0.39, 0.29) is 5.92 Å². The molecule has 0 aliphatic carbocycles. The first-order chi connectivity index (χ1) is 16.4. The normalized spacial score (nSPS) is 15.9. The van der Waals surface area contributed by atoms with Gasteiger partial charge in [-0.2, -0.15) is 0 Å². The number of carbonyl (C=O) groups is 1. The van der Waals surface area contributed by atoms with Gasteiger partial charge in [-0.05, 0) is 67.6 Å². The number of nitrogens with zero attached hydrogens (tertiary/aromatic N) is 1. The van der Waals surface area contributed by atoms with Gasteiger partial charge in [0.25, 0.3) is 0 Å². The SMILES string of the molecule is COCCCOc1cc(C[C@@H](C/C=C/C[C@H](C(=O)N2CCCC2)C(C)C)C(C)C)ccc1OC. The predicted molar refractivity (Wildman–Crippen MR) is 140 cm³/mol. The Bertz CT molecular complexity index is 752. The molecule has 0 saturated carbocycles. The van der Waals surface area contributed by atoms with Crippen molar-refractivity contribution in [1.29, 1.82) is 0 Å². The second kappa shape index (κ2) is 15.1. The number of amides is 1. The van der Waals surface area contributed by atoms with Crippen LogP contribution in [-0.2, 0) is 16.0 Å². The Labute approximate surface area is 207 Å². The quantitative estimate of drug-likeness (QED) is 0.226. The maximum Gasteiger partial charge on any atom is 0.226 e. The summed E-state index contributed by atoms with van der Waals surface area (Å²) in [4.78, 5) is 15.0. The molecule has 1 aliphatic rings. The van der Waals surface area contributed by atoms with Crippen LogP contribution in [0.25, 0.3) is 0 Å². The van der Waals surface area contributed by atoms with Crippen molar-refractivity contribution in [3.8, 4) is 11.5 Å². The third kappa shape index (κ3) is 8.98. The molecular weight excluding hydrogens is 426 g/mol. The van der Waals surface area contributed by atoms with E-state index in [4.69, 9.17) is 14.2 Å². The zero-order chi connectivity index (χ0) is 24.9. The van der Waals surface area contributed by atoms with Gasteiger partial charge in [-0.3, -0.25) is 4.79 Å². The number of likely N-dealkylation sites (tertiary alicyclic amines) is 1. The third-order valence-electron chi connectivity index (χ3n) is 6.95. The lowest BCUT2D eigenvalue weighted by Gasteiger charge is -2.25. The molecule has 34 heavy (non-hydrogen) atoms. The van der Waals surface area contributed by atoms with Crippen molar-refractivity contribution >= 4 is 5.91 Å². The van der Waals surface area contributed by atoms with Crippen LogP contribution in [0.1, 0.15) is 65.4 Å². The van der Waals surface area contributed by atoms with Crippen LogP contribution in [0.15, 0.2) is 30.4 Å². The van der Waals surface area contributed by atoms with Crippen molar-refractivity contribution in [1.82, 2.24) is 4.90 Å². The maximum atomic E-state index is 12.9. The second-order valence-electron chi connectivity index (χ2n) is 10.2. The van der Waals surface area contributed by atoms with Crippen LogP contribution in [0.3, 0.4) is 0 Å². The van der Waals surface area contributed by atoms with Gasteiger partial charge >= 0.3 is 0 Å². The van der Waals surface area contributed by atoms with E-state index in [1.54, 1.807) is 14.2 Å². The molecule has 0 spiro atoms. The van der Waals surface area contributed by atoms with E-state index >= 15 is 0 Å². The van der Waals surface area contributed by atoms with Gasteiger partial charge in [0, 0.05) is 39.1 Å². The van der Waals surface area contributed by atoms with Gasteiger partial charge in [-0.25, -0.2) is 0 Å². The van der Waals surface area contributed by atoms with Crippen LogP contribution >= 0.6 is 0 Å². The molecule has 1 saturated heterocycles. The Balaban J connectivity index is 1.96. The van der Waals surface area contributed by atoms with Crippen molar-refractivity contribution in [2.45, 2.75) is 66.2 Å². The highest BCUT2D eigenvalue weighted by atomic mass is 16.5. The fourth-order valence-corrected chi connectivity index (χ4v) is 4.58. The topological polar surface area (TPSA) is 48.0 Å². The lowest BCUT2D eigenvalue weighted by molar-refractivity contribution is -0.135. The first-order valence-corrected chi connectivity index (χ1v) is 13.1. The summed E-state index contributed by atoms with van der Waals surface area (Å²) in [5.41, 5.74) is 1.26. The minimum absolute atomic E-state index is 0.0891. The molecule has 1 aromatic rings. The highest BCUT2D eigenvalue weighted by Gasteiger charge is 2.27. The zero-order valence-electron chi connectivity index (χ0n) is 22.3. The van der Waals surface area contributed by atoms with Crippen LogP contribution in [0.5, 0.6) is 11.5 Å². The van der Waals surface area contributed by atoms with Crippen LogP contribution < -0.4 is 9.47 Å². The van der Waals surface area contributed by atoms with E-state index in [2.05, 4.69) is 56.9 Å². The largest absolute Gasteiger partial charge is 0.493 e. The lowest BCUT2D eigenvalue weighted by atomic mass is 9.85. The van der Waals surface area contributed by atoms with E-state index in [9.17, 15) is 4.79 Å². The minimum atomic E-state index is 0.0891. The Morgan fingerprint density at radius 2 is 1.68 bits per heavy atom. The van der Waals surface area contributed by atoms with Gasteiger partial charge in [-0.1, -0.05) is 45.9 Å². The standard InChI is InChI=1S/C29H47NO4/c1-22(2)25(12-7-8-13-26(23(3)4)29(31)30-16-9-10-17-30)20-24-14-15-27(33-6)28(21-24)34-19-11-18-32-5/h7-8,14-15,21-23,25-26H,9-13,16-20H2,1-6H3/b8-7+/t25-,26+/m1/s1. The fraction of sp³-hybridized carbons (Fsp3) is 0.690. The first-order valence-electron chi connectivity index (χ1n) is 13.1. The van der Waals surface area contributed by atoms with Crippen LogP contribution in [0.2, 0.25) is 0 Å². The van der Waals surface area contributed by atoms with Gasteiger partial charge in [0.1, 0.15) is 0 Å². The summed E-state index contributed by atoms with van der Waals surface area (Å²) in [6.07, 6.45) is 10.5. The van der Waals surface area contributed by atoms with Crippen molar-refractivity contribution in [2.24, 2.45) is 23.7 Å². The minimum Gasteiger partial charge on any atom is -0.493 e. The summed E-state index contributed by atoms with van der Waals surface area (Å²) in [6.45, 7) is 12.1. The summed E-state index contributed by atoms with van der Waals surface area (Å²) < 4.78 is 16.6. The molecule has 0 N–H and O–H groups in total. The molecule has 1 aliphatic heterocycles. The molecule has 192 valence electrons. The predicted octanol–water partition coefficient (Wildman–Crippen LogP) is 6.16. The highest BCUT2D eigenvalue weighted by Crippen LogP contribution is 2.31. The number of benzene rings is 1. The third-order valence-corrected chi connectivity index (χ3v) is 6.95. The Kier molecular flexibility index (Phi) is 12.5. The summed E-state index contributed by atoms with van der Waals surface area (Å²) >= 11 is 0. The van der Waals surface area contributed by atoms with Crippen molar-refractivity contribution in [2.75, 3.05) is 40.5 Å². The molecule has 0 radical (unpaired) electrons. The fourth-order valence-electron chi connectivity index (χ4n) is 4.58. The number of ether oxygens (including phenoxy) is 3. The highest BCUT2D eigenvalue weighted by molar-refractivity contribution is 5.79. The molecule has 1 amide bonds. The summed E-state index contributed by atoms with van der Waals surface area (Å²) in [5.74, 6) is 3.45. The Hall–Kier alpha value is -2.01. The van der Waals surface area contributed by atoms with Gasteiger partial charge in [0.15, 0.2) is 11.5 Å². The monoisotopic (exact) mass is 473 g/mol. The van der Waals surface area contributed by atoms with Crippen molar-refractivity contribution in [3.05, 3.63) is 35.9 Å². The van der Waals surface area contributed by atoms with Gasteiger partial charge < -0.3 is 19.1 Å². The second-order valence-corrected chi connectivity index (χ2v) is 10.2. The van der Waals surface area contributed by atoms with Gasteiger partial charge in [0.05, 0.1) is 13.7 Å². The molecule has 2 rings (SSSR count). The molecule has 0 bridgehead atoms. The van der Waals surface area contributed by atoms with E-state index in [1.165, 1.54) is 5.56 Å². The molecule has 5 heteroatoms. The molecule has 2 atom stereocenters. The van der Waals surface area contributed by atoms with E-state index in [0.717, 1.165) is 63.1 Å². The summed E-state index contributed by atoms with van der Waals surface area (Å²) in [5, 5.41) is 0. The van der Waals surface area contributed by atoms with Crippen molar-refractivity contribution in [3.63, 3.8) is 0 Å². The van der Waals surface area contributed by atoms with E-state index in [1.807, 2.05) is 6.07 Å². The molecule has 0 unspecified atom stereocenters. The van der Waals surface area contributed by atoms with Crippen LogP contribution in [-0.4, -0.2) is 51.3 Å². The molecule has 1 aromatic carbocycles. The molecular formula is C29H47NO4. The number of allylic oxidation sites excluding steroid dienone is 2. The average Bonchev–Trinajstić information content (AvgIpc) is 3.35. The number of carbonyl (C=O) groups excluding carboxylic acids is 1. The Morgan fingerprint density at radius 1 is 0.971 bits per heavy atom. The number of hydrogen-bond acceptors (Lipinski definition) is 4. The lowest BCUT2D eigenvalue weighted by Crippen LogP contribution is -2.35. The Morgan fingerprint density at radius 3 is 2.29 bits per heavy atom. The molecule has 1 heterocycles. The van der Waals surface area contributed by atoms with Gasteiger partial charge in [0.2, 0.25) is 5.91 Å². The molecule has 5 nitrogen and oxygen atoms in total. The number of rotatable bonds is 15. The first kappa shape index (κ1) is 28.2. The van der Waals surface area contributed by atoms with Crippen molar-refractivity contribution < 1.29 is 19.0 Å². The van der Waals surface area contributed by atoms with E-state index in [0.29, 0.717) is 36.9 Å². The average molecular weight is 474 g/mol. The molecule has 0 aromatic heterocycles. The summed E-state index contributed by atoms with van der Waals surface area (Å²) in [6, 6.07) is 6.27. The summed E-state index contributed by atoms with van der Waals surface area (Å²) in [7, 11) is 3.38. The van der Waals surface area contributed by atoms with Gasteiger partial charge in [-0.15, -0.1) is 0 Å².